The van der Waals surface area contributed by atoms with Crippen LogP contribution in [0.1, 0.15) is 18.4 Å². The van der Waals surface area contributed by atoms with Gasteiger partial charge < -0.3 is 10.1 Å². The van der Waals surface area contributed by atoms with Crippen molar-refractivity contribution in [2.45, 2.75) is 31.8 Å². The molecule has 1 aliphatic rings. The molecule has 1 atom stereocenters. The Morgan fingerprint density at radius 1 is 1.33 bits per heavy atom. The predicted molar refractivity (Wildman–Crippen MR) is 70.4 cm³/mol. The normalized spacial score (nSPS) is 19.5. The Morgan fingerprint density at radius 2 is 2.05 bits per heavy atom. The monoisotopic (exact) mass is 302 g/mol. The van der Waals surface area contributed by atoms with E-state index in [4.69, 9.17) is 4.74 Å². The number of carbonyl (C=O) groups is 1. The van der Waals surface area contributed by atoms with Gasteiger partial charge in [-0.15, -0.1) is 0 Å². The number of nitrogens with zero attached hydrogens (tertiary/aromatic N) is 1. The van der Waals surface area contributed by atoms with E-state index in [-0.39, 0.29) is 19.7 Å². The van der Waals surface area contributed by atoms with Crippen molar-refractivity contribution in [1.29, 1.82) is 0 Å². The van der Waals surface area contributed by atoms with E-state index in [9.17, 15) is 18.0 Å². The Balaban J connectivity index is 1.74. The number of rotatable bonds is 4. The lowest BCUT2D eigenvalue weighted by Crippen LogP contribution is -2.47. The van der Waals surface area contributed by atoms with E-state index in [0.29, 0.717) is 17.7 Å². The molecule has 0 spiro atoms. The maximum Gasteiger partial charge on any atom is 0.460 e. The summed E-state index contributed by atoms with van der Waals surface area (Å²) in [5.41, 5.74) is 0.824. The van der Waals surface area contributed by atoms with E-state index in [1.54, 1.807) is 12.1 Å². The number of carbonyl (C=O) groups excluding carboxylic acids is 1. The molecule has 0 saturated carbocycles. The number of ether oxygens (including phenoxy) is 1. The largest absolute Gasteiger partial charge is 0.460 e. The first-order chi connectivity index (χ1) is 9.97. The molecule has 0 bridgehead atoms. The van der Waals surface area contributed by atoms with E-state index in [2.05, 4.69) is 5.32 Å². The second kappa shape index (κ2) is 6.80. The van der Waals surface area contributed by atoms with E-state index in [1.807, 2.05) is 18.2 Å². The molecule has 21 heavy (non-hydrogen) atoms. The van der Waals surface area contributed by atoms with Gasteiger partial charge in [-0.05, 0) is 18.4 Å². The SMILES string of the molecule is O=C(NC[C@@H]1CCCN1C(F)(F)F)OCc1ccccc1. The van der Waals surface area contributed by atoms with Crippen molar-refractivity contribution in [2.24, 2.45) is 0 Å². The number of nitrogens with one attached hydrogen (secondary N) is 1. The average molecular weight is 302 g/mol. The molecule has 1 amide bonds. The number of halogens is 3. The van der Waals surface area contributed by atoms with E-state index < -0.39 is 18.4 Å². The molecule has 1 aromatic carbocycles. The highest BCUT2D eigenvalue weighted by Gasteiger charge is 2.44. The van der Waals surface area contributed by atoms with Crippen LogP contribution >= 0.6 is 0 Å². The fourth-order valence-corrected chi connectivity index (χ4v) is 2.36. The van der Waals surface area contributed by atoms with Gasteiger partial charge in [0.15, 0.2) is 0 Å². The summed E-state index contributed by atoms with van der Waals surface area (Å²) in [7, 11) is 0. The number of alkyl carbamates (subject to hydrolysis) is 1. The van der Waals surface area contributed by atoms with Crippen LogP contribution in [0.4, 0.5) is 18.0 Å². The third-order valence-corrected chi connectivity index (χ3v) is 3.40. The average Bonchev–Trinajstić information content (AvgIpc) is 2.92. The Morgan fingerprint density at radius 3 is 2.71 bits per heavy atom. The Kier molecular flexibility index (Phi) is 5.06. The Hall–Kier alpha value is -1.76. The van der Waals surface area contributed by atoms with Crippen LogP contribution in [0.2, 0.25) is 0 Å². The maximum atomic E-state index is 12.7. The van der Waals surface area contributed by atoms with Crippen molar-refractivity contribution in [1.82, 2.24) is 10.2 Å². The molecule has 1 fully saturated rings. The number of hydrogen-bond acceptors (Lipinski definition) is 3. The van der Waals surface area contributed by atoms with Gasteiger partial charge in [0.25, 0.3) is 0 Å². The van der Waals surface area contributed by atoms with Crippen molar-refractivity contribution < 1.29 is 22.7 Å². The fraction of sp³-hybridized carbons (Fsp3) is 0.500. The molecule has 1 aromatic rings. The van der Waals surface area contributed by atoms with Gasteiger partial charge in [0, 0.05) is 19.1 Å². The second-order valence-electron chi connectivity index (χ2n) is 4.90. The highest BCUT2D eigenvalue weighted by atomic mass is 19.4. The van der Waals surface area contributed by atoms with Gasteiger partial charge in [-0.2, -0.15) is 13.2 Å². The molecule has 7 heteroatoms. The molecule has 0 radical (unpaired) electrons. The summed E-state index contributed by atoms with van der Waals surface area (Å²) in [6, 6.07) is 8.36. The molecule has 1 saturated heterocycles. The van der Waals surface area contributed by atoms with Gasteiger partial charge in [0.2, 0.25) is 0 Å². The highest BCUT2D eigenvalue weighted by Crippen LogP contribution is 2.30. The van der Waals surface area contributed by atoms with Gasteiger partial charge in [-0.3, -0.25) is 0 Å². The molecule has 0 aromatic heterocycles. The smallest absolute Gasteiger partial charge is 0.445 e. The van der Waals surface area contributed by atoms with Crippen LogP contribution in [0.5, 0.6) is 0 Å². The summed E-state index contributed by atoms with van der Waals surface area (Å²) in [6.07, 6.45) is -4.16. The van der Waals surface area contributed by atoms with Crippen LogP contribution < -0.4 is 5.32 Å². The minimum atomic E-state index is -4.35. The molecule has 2 rings (SSSR count). The van der Waals surface area contributed by atoms with E-state index in [0.717, 1.165) is 5.56 Å². The molecular formula is C14H17F3N2O2. The van der Waals surface area contributed by atoms with Gasteiger partial charge in [-0.1, -0.05) is 30.3 Å². The lowest BCUT2D eigenvalue weighted by molar-refractivity contribution is -0.249. The standard InChI is InChI=1S/C14H17F3N2O2/c15-14(16,17)19-8-4-7-12(19)9-18-13(20)21-10-11-5-2-1-3-6-11/h1-3,5-6,12H,4,7-10H2,(H,18,20)/t12-/m0/s1. The van der Waals surface area contributed by atoms with Crippen molar-refractivity contribution in [2.75, 3.05) is 13.1 Å². The summed E-state index contributed by atoms with van der Waals surface area (Å²) in [6.45, 7) is 0.0162. The summed E-state index contributed by atoms with van der Waals surface area (Å²) in [4.78, 5) is 12.0. The topological polar surface area (TPSA) is 41.6 Å². The third kappa shape index (κ3) is 4.63. The van der Waals surface area contributed by atoms with Crippen LogP contribution in [0.15, 0.2) is 30.3 Å². The summed E-state index contributed by atoms with van der Waals surface area (Å²) in [5, 5.41) is 2.39. The quantitative estimate of drug-likeness (QED) is 0.870. The van der Waals surface area contributed by atoms with E-state index >= 15 is 0 Å². The van der Waals surface area contributed by atoms with Crippen molar-refractivity contribution in [3.05, 3.63) is 35.9 Å². The number of alkyl halides is 3. The minimum absolute atomic E-state index is 0.0189. The zero-order chi connectivity index (χ0) is 15.3. The molecule has 0 aliphatic carbocycles. The van der Waals surface area contributed by atoms with Crippen LogP contribution in [0.25, 0.3) is 0 Å². The molecule has 1 N–H and O–H groups in total. The minimum Gasteiger partial charge on any atom is -0.445 e. The first-order valence-electron chi connectivity index (χ1n) is 6.75. The molecule has 116 valence electrons. The Labute approximate surface area is 120 Å². The molecule has 4 nitrogen and oxygen atoms in total. The Bertz CT molecular complexity index is 465. The zero-order valence-electron chi connectivity index (χ0n) is 11.4. The molecule has 0 unspecified atom stereocenters. The number of amides is 1. The van der Waals surface area contributed by atoms with E-state index in [1.165, 1.54) is 0 Å². The van der Waals surface area contributed by atoms with Gasteiger partial charge >= 0.3 is 12.4 Å². The highest BCUT2D eigenvalue weighted by molar-refractivity contribution is 5.67. The first kappa shape index (κ1) is 15.6. The van der Waals surface area contributed by atoms with Gasteiger partial charge in [0.1, 0.15) is 6.61 Å². The summed E-state index contributed by atoms with van der Waals surface area (Å²) < 4.78 is 43.0. The lowest BCUT2D eigenvalue weighted by atomic mass is 10.2. The van der Waals surface area contributed by atoms with Crippen LogP contribution in [0.3, 0.4) is 0 Å². The van der Waals surface area contributed by atoms with Crippen LogP contribution in [0, 0.1) is 0 Å². The molecule has 1 heterocycles. The maximum absolute atomic E-state index is 12.7. The molecule has 1 aliphatic heterocycles. The summed E-state index contributed by atoms with van der Waals surface area (Å²) in [5.74, 6) is 0. The van der Waals surface area contributed by atoms with Crippen LogP contribution in [-0.4, -0.2) is 36.4 Å². The van der Waals surface area contributed by atoms with Crippen LogP contribution in [-0.2, 0) is 11.3 Å². The number of benzene rings is 1. The van der Waals surface area contributed by atoms with Gasteiger partial charge in [-0.25, -0.2) is 9.69 Å². The first-order valence-corrected chi connectivity index (χ1v) is 6.75. The third-order valence-electron chi connectivity index (χ3n) is 3.40. The lowest BCUT2D eigenvalue weighted by Gasteiger charge is -2.26. The van der Waals surface area contributed by atoms with Gasteiger partial charge in [0.05, 0.1) is 0 Å². The number of likely N-dealkylation sites (tertiary alicyclic amines) is 1. The fourth-order valence-electron chi connectivity index (χ4n) is 2.36. The molecular weight excluding hydrogens is 285 g/mol. The van der Waals surface area contributed by atoms with Crippen molar-refractivity contribution in [3.63, 3.8) is 0 Å². The van der Waals surface area contributed by atoms with Crippen molar-refractivity contribution >= 4 is 6.09 Å². The second-order valence-corrected chi connectivity index (χ2v) is 4.90. The predicted octanol–water partition coefficient (Wildman–Crippen LogP) is 2.90. The summed E-state index contributed by atoms with van der Waals surface area (Å²) >= 11 is 0. The van der Waals surface area contributed by atoms with Crippen molar-refractivity contribution in [3.8, 4) is 0 Å². The number of hydrogen-bond donors (Lipinski definition) is 1. The zero-order valence-corrected chi connectivity index (χ0v) is 11.4.